The van der Waals surface area contributed by atoms with Gasteiger partial charge in [-0.05, 0) is 42.7 Å². The van der Waals surface area contributed by atoms with Crippen molar-refractivity contribution in [2.75, 3.05) is 0 Å². The van der Waals surface area contributed by atoms with E-state index in [1.165, 1.54) is 43.0 Å². The van der Waals surface area contributed by atoms with Gasteiger partial charge in [0.05, 0.1) is 5.56 Å². The van der Waals surface area contributed by atoms with E-state index >= 15 is 0 Å². The van der Waals surface area contributed by atoms with Crippen LogP contribution in [0.1, 0.15) is 28.8 Å². The van der Waals surface area contributed by atoms with Crippen LogP contribution in [0.4, 0.5) is 4.39 Å². The molecular formula is C22H19FN4O5. The van der Waals surface area contributed by atoms with Gasteiger partial charge in [-0.15, -0.1) is 0 Å². The van der Waals surface area contributed by atoms with Crippen LogP contribution in [0.15, 0.2) is 55.1 Å². The molecule has 4 rings (SSSR count). The monoisotopic (exact) mass is 438 g/mol. The lowest BCUT2D eigenvalue weighted by Gasteiger charge is -2.17. The molecule has 164 valence electrons. The standard InChI is InChI=1S/C22H19FN4O5/c23-16-7-13(1-4-19(16)32-15-2-3-17(28)18(29)8-15)9-26-21(31)22(5-6-22)27-20(30)14-10-24-12-25-11-14/h1-4,7-8,10-12,28-29H,5-6,9H2,(H,26,31)(H,27,30). The third kappa shape index (κ3) is 4.59. The third-order valence-electron chi connectivity index (χ3n) is 4.98. The molecule has 32 heavy (non-hydrogen) atoms. The number of hydrogen-bond acceptors (Lipinski definition) is 7. The summed E-state index contributed by atoms with van der Waals surface area (Å²) in [6.07, 6.45) is 5.03. The second-order valence-corrected chi connectivity index (χ2v) is 7.36. The van der Waals surface area contributed by atoms with Crippen LogP contribution in [-0.4, -0.2) is 37.5 Å². The van der Waals surface area contributed by atoms with Gasteiger partial charge in [-0.25, -0.2) is 14.4 Å². The molecule has 0 radical (unpaired) electrons. The van der Waals surface area contributed by atoms with Gasteiger partial charge in [-0.1, -0.05) is 6.07 Å². The molecule has 0 atom stereocenters. The van der Waals surface area contributed by atoms with E-state index in [0.717, 1.165) is 6.07 Å². The first-order chi connectivity index (χ1) is 15.4. The number of hydrogen-bond donors (Lipinski definition) is 4. The number of carbonyl (C=O) groups is 2. The third-order valence-corrected chi connectivity index (χ3v) is 4.98. The van der Waals surface area contributed by atoms with Crippen molar-refractivity contribution in [2.45, 2.75) is 24.9 Å². The molecule has 10 heteroatoms. The quantitative estimate of drug-likeness (QED) is 0.416. The minimum atomic E-state index is -0.991. The van der Waals surface area contributed by atoms with Crippen LogP contribution >= 0.6 is 0 Å². The molecule has 0 unspecified atom stereocenters. The van der Waals surface area contributed by atoms with Crippen molar-refractivity contribution in [3.05, 3.63) is 72.1 Å². The van der Waals surface area contributed by atoms with Gasteiger partial charge in [0.2, 0.25) is 5.91 Å². The normalized spacial score (nSPS) is 13.8. The van der Waals surface area contributed by atoms with Crippen LogP contribution in [0.5, 0.6) is 23.0 Å². The molecule has 4 N–H and O–H groups in total. The van der Waals surface area contributed by atoms with E-state index in [4.69, 9.17) is 4.74 Å². The SMILES string of the molecule is O=C(NC1(C(=O)NCc2ccc(Oc3ccc(O)c(O)c3)c(F)c2)CC1)c1cncnc1. The molecule has 1 saturated carbocycles. The lowest BCUT2D eigenvalue weighted by Crippen LogP contribution is -2.48. The highest BCUT2D eigenvalue weighted by molar-refractivity contribution is 6.00. The second kappa shape index (κ2) is 8.50. The largest absolute Gasteiger partial charge is 0.504 e. The van der Waals surface area contributed by atoms with Gasteiger partial charge in [-0.3, -0.25) is 9.59 Å². The van der Waals surface area contributed by atoms with Gasteiger partial charge in [0.1, 0.15) is 17.6 Å². The van der Waals surface area contributed by atoms with Crippen LogP contribution in [0.2, 0.25) is 0 Å². The maximum absolute atomic E-state index is 14.4. The smallest absolute Gasteiger partial charge is 0.255 e. The zero-order valence-electron chi connectivity index (χ0n) is 16.7. The number of ether oxygens (including phenoxy) is 1. The Labute approximate surface area is 181 Å². The average molecular weight is 438 g/mol. The average Bonchev–Trinajstić information content (AvgIpc) is 3.57. The predicted octanol–water partition coefficient (Wildman–Crippen LogP) is 2.40. The Hall–Kier alpha value is -4.21. The molecule has 2 amide bonds. The molecule has 1 heterocycles. The first-order valence-electron chi connectivity index (χ1n) is 9.70. The van der Waals surface area contributed by atoms with Crippen molar-refractivity contribution in [3.63, 3.8) is 0 Å². The Morgan fingerprint density at radius 2 is 1.81 bits per heavy atom. The molecule has 0 aliphatic heterocycles. The minimum Gasteiger partial charge on any atom is -0.504 e. The maximum Gasteiger partial charge on any atom is 0.255 e. The molecule has 0 spiro atoms. The molecule has 1 aromatic heterocycles. The number of nitrogens with one attached hydrogen (secondary N) is 2. The lowest BCUT2D eigenvalue weighted by atomic mass is 10.1. The zero-order valence-corrected chi connectivity index (χ0v) is 16.7. The van der Waals surface area contributed by atoms with E-state index in [2.05, 4.69) is 20.6 Å². The number of halogens is 1. The Kier molecular flexibility index (Phi) is 5.59. The van der Waals surface area contributed by atoms with Gasteiger partial charge in [0.25, 0.3) is 5.91 Å². The summed E-state index contributed by atoms with van der Waals surface area (Å²) >= 11 is 0. The first kappa shape index (κ1) is 21.0. The number of phenols is 2. The highest BCUT2D eigenvalue weighted by Gasteiger charge is 2.51. The summed E-state index contributed by atoms with van der Waals surface area (Å²) in [6, 6.07) is 7.96. The van der Waals surface area contributed by atoms with Crippen molar-refractivity contribution < 1.29 is 28.9 Å². The maximum atomic E-state index is 14.4. The summed E-state index contributed by atoms with van der Waals surface area (Å²) in [7, 11) is 0. The van der Waals surface area contributed by atoms with E-state index in [0.29, 0.717) is 18.4 Å². The number of aromatic nitrogens is 2. The molecule has 1 aliphatic rings. The summed E-state index contributed by atoms with van der Waals surface area (Å²) in [5, 5.41) is 24.3. The number of nitrogens with zero attached hydrogens (tertiary/aromatic N) is 2. The van der Waals surface area contributed by atoms with E-state index in [-0.39, 0.29) is 41.0 Å². The van der Waals surface area contributed by atoms with Crippen molar-refractivity contribution in [2.24, 2.45) is 0 Å². The zero-order chi connectivity index (χ0) is 22.7. The Balaban J connectivity index is 1.35. The van der Waals surface area contributed by atoms with Gasteiger partial charge in [-0.2, -0.15) is 0 Å². The number of benzene rings is 2. The fourth-order valence-electron chi connectivity index (χ4n) is 3.02. The minimum absolute atomic E-state index is 0.0576. The Bertz CT molecular complexity index is 1170. The van der Waals surface area contributed by atoms with Gasteiger partial charge >= 0.3 is 0 Å². The molecular weight excluding hydrogens is 419 g/mol. The number of aromatic hydroxyl groups is 2. The molecule has 3 aromatic rings. The molecule has 0 bridgehead atoms. The van der Waals surface area contributed by atoms with Crippen LogP contribution in [-0.2, 0) is 11.3 Å². The number of rotatable bonds is 7. The van der Waals surface area contributed by atoms with Crippen LogP contribution in [0.25, 0.3) is 0 Å². The van der Waals surface area contributed by atoms with Crippen molar-refractivity contribution in [3.8, 4) is 23.0 Å². The molecule has 1 fully saturated rings. The molecule has 2 aromatic carbocycles. The number of carbonyl (C=O) groups excluding carboxylic acids is 2. The molecule has 0 saturated heterocycles. The van der Waals surface area contributed by atoms with Crippen molar-refractivity contribution in [1.82, 2.24) is 20.6 Å². The second-order valence-electron chi connectivity index (χ2n) is 7.36. The summed E-state index contributed by atoms with van der Waals surface area (Å²) in [5.41, 5.74) is -0.239. The van der Waals surface area contributed by atoms with Crippen molar-refractivity contribution in [1.29, 1.82) is 0 Å². The Morgan fingerprint density at radius 3 is 2.47 bits per heavy atom. The van der Waals surface area contributed by atoms with Crippen LogP contribution < -0.4 is 15.4 Å². The summed E-state index contributed by atoms with van der Waals surface area (Å²) in [6.45, 7) is 0.0576. The summed E-state index contributed by atoms with van der Waals surface area (Å²) < 4.78 is 19.8. The van der Waals surface area contributed by atoms with Gasteiger partial charge in [0.15, 0.2) is 23.1 Å². The first-order valence-corrected chi connectivity index (χ1v) is 9.70. The van der Waals surface area contributed by atoms with Crippen LogP contribution in [0, 0.1) is 5.82 Å². The van der Waals surface area contributed by atoms with Crippen LogP contribution in [0.3, 0.4) is 0 Å². The molecule has 9 nitrogen and oxygen atoms in total. The summed E-state index contributed by atoms with van der Waals surface area (Å²) in [5.74, 6) is -2.10. The summed E-state index contributed by atoms with van der Waals surface area (Å²) in [4.78, 5) is 32.5. The van der Waals surface area contributed by atoms with E-state index in [9.17, 15) is 24.2 Å². The fraction of sp³-hybridized carbons (Fsp3) is 0.182. The highest BCUT2D eigenvalue weighted by atomic mass is 19.1. The van der Waals surface area contributed by atoms with E-state index < -0.39 is 17.3 Å². The van der Waals surface area contributed by atoms with E-state index in [1.807, 2.05) is 0 Å². The number of phenolic OH excluding ortho intramolecular Hbond substituents is 2. The van der Waals surface area contributed by atoms with Gasteiger partial charge < -0.3 is 25.6 Å². The van der Waals surface area contributed by atoms with Gasteiger partial charge in [0, 0.05) is 25.0 Å². The van der Waals surface area contributed by atoms with Crippen molar-refractivity contribution >= 4 is 11.8 Å². The molecule has 1 aliphatic carbocycles. The fourth-order valence-corrected chi connectivity index (χ4v) is 3.02. The van der Waals surface area contributed by atoms with E-state index in [1.54, 1.807) is 6.07 Å². The number of amides is 2. The lowest BCUT2D eigenvalue weighted by molar-refractivity contribution is -0.124. The highest BCUT2D eigenvalue weighted by Crippen LogP contribution is 2.36. The topological polar surface area (TPSA) is 134 Å². The predicted molar refractivity (Wildman–Crippen MR) is 110 cm³/mol. The Morgan fingerprint density at radius 1 is 1.06 bits per heavy atom.